The topological polar surface area (TPSA) is 87.0 Å². The van der Waals surface area contributed by atoms with E-state index in [0.29, 0.717) is 17.6 Å². The largest absolute Gasteiger partial charge is 0.330 e. The van der Waals surface area contributed by atoms with Crippen molar-refractivity contribution in [2.75, 3.05) is 6.54 Å². The van der Waals surface area contributed by atoms with Crippen molar-refractivity contribution in [2.45, 2.75) is 13.0 Å². The van der Waals surface area contributed by atoms with Crippen molar-refractivity contribution in [3.05, 3.63) is 56.3 Å². The third kappa shape index (κ3) is 3.39. The molecule has 0 fully saturated rings. The van der Waals surface area contributed by atoms with Gasteiger partial charge in [-0.1, -0.05) is 15.9 Å². The van der Waals surface area contributed by atoms with Crippen LogP contribution in [0.2, 0.25) is 0 Å². The summed E-state index contributed by atoms with van der Waals surface area (Å²) in [6.45, 7) is 1.15. The van der Waals surface area contributed by atoms with Crippen LogP contribution < -0.4 is 5.73 Å². The molecule has 0 spiro atoms. The first-order valence-corrected chi connectivity index (χ1v) is 6.53. The zero-order valence-corrected chi connectivity index (χ0v) is 11.7. The fourth-order valence-electron chi connectivity index (χ4n) is 1.74. The SMILES string of the molecule is NCCc1cnn(Cc2ccc([N+](=O)[O-])cc2Br)c1. The van der Waals surface area contributed by atoms with Crippen LogP contribution in [0.1, 0.15) is 11.1 Å². The predicted octanol–water partition coefficient (Wildman–Crippen LogP) is 2.10. The van der Waals surface area contributed by atoms with Crippen LogP contribution in [-0.4, -0.2) is 21.2 Å². The molecule has 7 heteroatoms. The van der Waals surface area contributed by atoms with Crippen LogP contribution in [0.5, 0.6) is 0 Å². The molecule has 0 unspecified atom stereocenters. The summed E-state index contributed by atoms with van der Waals surface area (Å²) in [4.78, 5) is 10.2. The molecule has 2 aromatic rings. The van der Waals surface area contributed by atoms with Gasteiger partial charge >= 0.3 is 0 Å². The van der Waals surface area contributed by atoms with Crippen molar-refractivity contribution < 1.29 is 4.92 Å². The number of nitro groups is 1. The number of nitrogens with zero attached hydrogens (tertiary/aromatic N) is 3. The Bertz CT molecular complexity index is 597. The maximum Gasteiger partial charge on any atom is 0.270 e. The summed E-state index contributed by atoms with van der Waals surface area (Å²) in [5, 5.41) is 14.9. The zero-order chi connectivity index (χ0) is 13.8. The highest BCUT2D eigenvalue weighted by molar-refractivity contribution is 9.10. The minimum atomic E-state index is -0.415. The van der Waals surface area contributed by atoms with E-state index in [2.05, 4.69) is 21.0 Å². The van der Waals surface area contributed by atoms with E-state index in [1.807, 2.05) is 6.20 Å². The molecule has 2 N–H and O–H groups in total. The van der Waals surface area contributed by atoms with E-state index in [-0.39, 0.29) is 5.69 Å². The Morgan fingerprint density at radius 2 is 2.26 bits per heavy atom. The van der Waals surface area contributed by atoms with Crippen LogP contribution in [0.15, 0.2) is 35.1 Å². The number of hydrogen-bond donors (Lipinski definition) is 1. The van der Waals surface area contributed by atoms with Crippen LogP contribution in [0, 0.1) is 10.1 Å². The molecule has 0 aliphatic carbocycles. The average molecular weight is 325 g/mol. The van der Waals surface area contributed by atoms with E-state index in [0.717, 1.165) is 17.5 Å². The van der Waals surface area contributed by atoms with Gasteiger partial charge in [-0.15, -0.1) is 0 Å². The second kappa shape index (κ2) is 5.94. The van der Waals surface area contributed by atoms with E-state index in [4.69, 9.17) is 5.73 Å². The van der Waals surface area contributed by atoms with Crippen LogP contribution in [0.4, 0.5) is 5.69 Å². The number of hydrogen-bond acceptors (Lipinski definition) is 4. The Morgan fingerprint density at radius 1 is 1.47 bits per heavy atom. The number of aromatic nitrogens is 2. The Morgan fingerprint density at radius 3 is 2.89 bits per heavy atom. The summed E-state index contributed by atoms with van der Waals surface area (Å²) in [5.41, 5.74) is 7.57. The number of nitrogens with two attached hydrogens (primary N) is 1. The van der Waals surface area contributed by atoms with Crippen molar-refractivity contribution in [2.24, 2.45) is 5.73 Å². The molecule has 6 nitrogen and oxygen atoms in total. The first-order valence-electron chi connectivity index (χ1n) is 5.74. The molecular weight excluding hydrogens is 312 g/mol. The number of non-ortho nitro benzene ring substituents is 1. The summed E-state index contributed by atoms with van der Waals surface area (Å²) >= 11 is 3.34. The zero-order valence-electron chi connectivity index (χ0n) is 10.1. The molecular formula is C12H13BrN4O2. The summed E-state index contributed by atoms with van der Waals surface area (Å²) in [7, 11) is 0. The molecule has 19 heavy (non-hydrogen) atoms. The van der Waals surface area contributed by atoms with Crippen molar-refractivity contribution >= 4 is 21.6 Å². The van der Waals surface area contributed by atoms with Gasteiger partial charge in [0.05, 0.1) is 17.7 Å². The highest BCUT2D eigenvalue weighted by atomic mass is 79.9. The monoisotopic (exact) mass is 324 g/mol. The molecule has 0 amide bonds. The standard InChI is InChI=1S/C12H13BrN4O2/c13-12-5-11(17(18)19)2-1-10(12)8-16-7-9(3-4-14)6-15-16/h1-2,5-7H,3-4,8,14H2. The minimum absolute atomic E-state index is 0.0694. The molecule has 0 aliphatic heterocycles. The van der Waals surface area contributed by atoms with Gasteiger partial charge in [-0.05, 0) is 30.2 Å². The summed E-state index contributed by atoms with van der Waals surface area (Å²) in [6.07, 6.45) is 4.51. The lowest BCUT2D eigenvalue weighted by molar-refractivity contribution is -0.384. The quantitative estimate of drug-likeness (QED) is 0.674. The van der Waals surface area contributed by atoms with Crippen LogP contribution >= 0.6 is 15.9 Å². The van der Waals surface area contributed by atoms with Crippen LogP contribution in [0.3, 0.4) is 0 Å². The van der Waals surface area contributed by atoms with Gasteiger partial charge < -0.3 is 5.73 Å². The Labute approximate surface area is 118 Å². The Hall–Kier alpha value is -1.73. The smallest absolute Gasteiger partial charge is 0.270 e. The Balaban J connectivity index is 2.16. The molecule has 0 aliphatic rings. The molecule has 0 radical (unpaired) electrons. The second-order valence-electron chi connectivity index (χ2n) is 4.12. The molecule has 1 aromatic heterocycles. The van der Waals surface area contributed by atoms with E-state index < -0.39 is 4.92 Å². The Kier molecular flexibility index (Phi) is 4.28. The summed E-state index contributed by atoms with van der Waals surface area (Å²) in [6, 6.07) is 4.72. The van der Waals surface area contributed by atoms with Gasteiger partial charge in [-0.3, -0.25) is 14.8 Å². The summed E-state index contributed by atoms with van der Waals surface area (Å²) < 4.78 is 2.49. The van der Waals surface area contributed by atoms with E-state index in [1.165, 1.54) is 12.1 Å². The van der Waals surface area contributed by atoms with Crippen molar-refractivity contribution in [1.29, 1.82) is 0 Å². The molecule has 1 aromatic carbocycles. The lowest BCUT2D eigenvalue weighted by Gasteiger charge is -2.04. The van der Waals surface area contributed by atoms with Gasteiger partial charge in [0.1, 0.15) is 0 Å². The fourth-order valence-corrected chi connectivity index (χ4v) is 2.23. The van der Waals surface area contributed by atoms with E-state index >= 15 is 0 Å². The number of halogens is 1. The normalized spacial score (nSPS) is 10.6. The third-order valence-electron chi connectivity index (χ3n) is 2.70. The lowest BCUT2D eigenvalue weighted by Crippen LogP contribution is -2.03. The van der Waals surface area contributed by atoms with Gasteiger partial charge in [0.25, 0.3) is 5.69 Å². The van der Waals surface area contributed by atoms with E-state index in [1.54, 1.807) is 16.9 Å². The van der Waals surface area contributed by atoms with Crippen LogP contribution in [-0.2, 0) is 13.0 Å². The molecule has 0 bridgehead atoms. The highest BCUT2D eigenvalue weighted by Crippen LogP contribution is 2.23. The fraction of sp³-hybridized carbons (Fsp3) is 0.250. The van der Waals surface area contributed by atoms with Gasteiger partial charge in [0.15, 0.2) is 0 Å². The van der Waals surface area contributed by atoms with Crippen molar-refractivity contribution in [1.82, 2.24) is 9.78 Å². The van der Waals surface area contributed by atoms with Crippen molar-refractivity contribution in [3.8, 4) is 0 Å². The number of rotatable bonds is 5. The average Bonchev–Trinajstić information content (AvgIpc) is 2.79. The third-order valence-corrected chi connectivity index (χ3v) is 3.44. The van der Waals surface area contributed by atoms with Gasteiger partial charge in [-0.2, -0.15) is 5.10 Å². The molecule has 0 saturated carbocycles. The maximum atomic E-state index is 10.7. The molecule has 0 saturated heterocycles. The maximum absolute atomic E-state index is 10.7. The molecule has 100 valence electrons. The van der Waals surface area contributed by atoms with Gasteiger partial charge in [0.2, 0.25) is 0 Å². The minimum Gasteiger partial charge on any atom is -0.330 e. The first-order chi connectivity index (χ1) is 9.10. The second-order valence-corrected chi connectivity index (χ2v) is 4.97. The molecule has 1 heterocycles. The van der Waals surface area contributed by atoms with Gasteiger partial charge in [-0.25, -0.2) is 0 Å². The molecule has 0 atom stereocenters. The number of nitro benzene ring substituents is 1. The summed E-state index contributed by atoms with van der Waals surface area (Å²) in [5.74, 6) is 0. The number of benzene rings is 1. The van der Waals surface area contributed by atoms with Crippen LogP contribution in [0.25, 0.3) is 0 Å². The highest BCUT2D eigenvalue weighted by Gasteiger charge is 2.09. The van der Waals surface area contributed by atoms with Crippen molar-refractivity contribution in [3.63, 3.8) is 0 Å². The van der Waals surface area contributed by atoms with Gasteiger partial charge in [0, 0.05) is 22.8 Å². The predicted molar refractivity (Wildman–Crippen MR) is 74.9 cm³/mol. The first kappa shape index (κ1) is 13.7. The molecule has 2 rings (SSSR count). The van der Waals surface area contributed by atoms with E-state index in [9.17, 15) is 10.1 Å². The lowest BCUT2D eigenvalue weighted by atomic mass is 10.2.